The molecule has 0 aromatic rings. The predicted molar refractivity (Wildman–Crippen MR) is 106 cm³/mol. The molecule has 2 N–H and O–H groups in total. The van der Waals surface area contributed by atoms with Crippen molar-refractivity contribution >= 4 is 5.96 Å². The summed E-state index contributed by atoms with van der Waals surface area (Å²) in [7, 11) is 0. The van der Waals surface area contributed by atoms with Crippen molar-refractivity contribution in [3.63, 3.8) is 0 Å². The summed E-state index contributed by atoms with van der Waals surface area (Å²) in [6.45, 7) is 14.5. The van der Waals surface area contributed by atoms with Crippen LogP contribution in [0.4, 0.5) is 0 Å². The van der Waals surface area contributed by atoms with Gasteiger partial charge in [-0.15, -0.1) is 0 Å². The van der Waals surface area contributed by atoms with Crippen LogP contribution in [0.5, 0.6) is 0 Å². The fourth-order valence-corrected chi connectivity index (χ4v) is 3.70. The van der Waals surface area contributed by atoms with Gasteiger partial charge >= 0.3 is 0 Å². The molecule has 25 heavy (non-hydrogen) atoms. The summed E-state index contributed by atoms with van der Waals surface area (Å²) in [6.07, 6.45) is 8.24. The van der Waals surface area contributed by atoms with Gasteiger partial charge in [-0.25, -0.2) is 0 Å². The number of piperidine rings is 1. The van der Waals surface area contributed by atoms with Crippen LogP contribution in [0.1, 0.15) is 66.2 Å². The fraction of sp³-hybridized carbons (Fsp3) is 0.950. The third-order valence-corrected chi connectivity index (χ3v) is 5.15. The molecule has 1 heterocycles. The molecular weight excluding hydrogens is 312 g/mol. The highest BCUT2D eigenvalue weighted by Crippen LogP contribution is 2.26. The highest BCUT2D eigenvalue weighted by atomic mass is 16.5. The maximum atomic E-state index is 6.19. The highest BCUT2D eigenvalue weighted by molar-refractivity contribution is 5.80. The van der Waals surface area contributed by atoms with Crippen molar-refractivity contribution in [2.45, 2.75) is 77.9 Å². The van der Waals surface area contributed by atoms with E-state index in [1.54, 1.807) is 0 Å². The van der Waals surface area contributed by atoms with Crippen molar-refractivity contribution in [1.82, 2.24) is 15.5 Å². The molecule has 1 saturated heterocycles. The lowest BCUT2D eigenvalue weighted by molar-refractivity contribution is 0.00102. The molecule has 0 spiro atoms. The summed E-state index contributed by atoms with van der Waals surface area (Å²) < 4.78 is 6.19. The Kier molecular flexibility index (Phi) is 8.50. The molecule has 0 atom stereocenters. The number of aliphatic imine (C=N–C) groups is 1. The minimum Gasteiger partial charge on any atom is -0.378 e. The molecule has 1 aliphatic carbocycles. The molecule has 2 fully saturated rings. The van der Waals surface area contributed by atoms with Gasteiger partial charge in [0, 0.05) is 38.3 Å². The zero-order valence-corrected chi connectivity index (χ0v) is 16.9. The van der Waals surface area contributed by atoms with E-state index in [1.165, 1.54) is 25.7 Å². The second-order valence-corrected chi connectivity index (χ2v) is 8.58. The lowest BCUT2D eigenvalue weighted by Gasteiger charge is -2.34. The first-order valence-electron chi connectivity index (χ1n) is 10.4. The van der Waals surface area contributed by atoms with Gasteiger partial charge in [-0.05, 0) is 59.3 Å². The summed E-state index contributed by atoms with van der Waals surface area (Å²) >= 11 is 0. The van der Waals surface area contributed by atoms with E-state index < -0.39 is 0 Å². The van der Waals surface area contributed by atoms with Crippen LogP contribution >= 0.6 is 0 Å². The first-order chi connectivity index (χ1) is 12.0. The molecule has 1 saturated carbocycles. The maximum absolute atomic E-state index is 6.19. The van der Waals surface area contributed by atoms with Gasteiger partial charge in [0.1, 0.15) is 0 Å². The first kappa shape index (κ1) is 20.5. The van der Waals surface area contributed by atoms with Crippen molar-refractivity contribution in [1.29, 1.82) is 0 Å². The molecule has 5 heteroatoms. The molecule has 1 aliphatic heterocycles. The number of hydrogen-bond donors (Lipinski definition) is 2. The lowest BCUT2D eigenvalue weighted by Crippen LogP contribution is -2.47. The lowest BCUT2D eigenvalue weighted by atomic mass is 10.1. The first-order valence-corrected chi connectivity index (χ1v) is 10.4. The number of nitrogens with zero attached hydrogens (tertiary/aromatic N) is 2. The topological polar surface area (TPSA) is 48.9 Å². The molecule has 2 aliphatic rings. The number of likely N-dealkylation sites (tertiary alicyclic amines) is 1. The van der Waals surface area contributed by atoms with Gasteiger partial charge in [0.25, 0.3) is 0 Å². The number of guanidine groups is 1. The van der Waals surface area contributed by atoms with Crippen molar-refractivity contribution in [3.8, 4) is 0 Å². The average molecular weight is 353 g/mol. The van der Waals surface area contributed by atoms with Gasteiger partial charge in [-0.2, -0.15) is 0 Å². The number of hydrogen-bond acceptors (Lipinski definition) is 3. The maximum Gasteiger partial charge on any atom is 0.193 e. The SMILES string of the molecule is CCNC(=NCCNC(C)(C)C)N1CCC(OCC2CCCC2)CC1. The zero-order chi connectivity index (χ0) is 18.1. The van der Waals surface area contributed by atoms with Gasteiger partial charge in [-0.1, -0.05) is 12.8 Å². The third-order valence-electron chi connectivity index (χ3n) is 5.15. The molecule has 2 rings (SSSR count). The quantitative estimate of drug-likeness (QED) is 0.420. The van der Waals surface area contributed by atoms with Crippen molar-refractivity contribution < 1.29 is 4.74 Å². The molecule has 146 valence electrons. The van der Waals surface area contributed by atoms with Crippen LogP contribution in [-0.4, -0.2) is 61.8 Å². The minimum absolute atomic E-state index is 0.156. The Bertz CT molecular complexity index is 391. The van der Waals surface area contributed by atoms with E-state index in [-0.39, 0.29) is 5.54 Å². The molecule has 0 bridgehead atoms. The van der Waals surface area contributed by atoms with Crippen LogP contribution < -0.4 is 10.6 Å². The van der Waals surface area contributed by atoms with Gasteiger partial charge < -0.3 is 20.3 Å². The zero-order valence-electron chi connectivity index (χ0n) is 16.9. The van der Waals surface area contributed by atoms with Gasteiger partial charge in [-0.3, -0.25) is 4.99 Å². The molecule has 0 unspecified atom stereocenters. The second-order valence-electron chi connectivity index (χ2n) is 8.58. The Labute approximate surface area is 155 Å². The molecule has 0 aromatic heterocycles. The van der Waals surface area contributed by atoms with Crippen LogP contribution in [0.25, 0.3) is 0 Å². The van der Waals surface area contributed by atoms with E-state index in [1.807, 2.05) is 0 Å². The summed E-state index contributed by atoms with van der Waals surface area (Å²) in [6, 6.07) is 0. The Balaban J connectivity index is 1.70. The number of ether oxygens (including phenoxy) is 1. The molecule has 0 amide bonds. The summed E-state index contributed by atoms with van der Waals surface area (Å²) in [5, 5.41) is 6.95. The number of nitrogens with one attached hydrogen (secondary N) is 2. The van der Waals surface area contributed by atoms with E-state index in [0.29, 0.717) is 6.10 Å². The highest BCUT2D eigenvalue weighted by Gasteiger charge is 2.23. The Hall–Kier alpha value is -0.810. The van der Waals surface area contributed by atoms with E-state index >= 15 is 0 Å². The predicted octanol–water partition coefficient (Wildman–Crippen LogP) is 3.01. The van der Waals surface area contributed by atoms with Crippen LogP contribution in [0.2, 0.25) is 0 Å². The Morgan fingerprint density at radius 3 is 2.40 bits per heavy atom. The Morgan fingerprint density at radius 1 is 1.12 bits per heavy atom. The van der Waals surface area contributed by atoms with Crippen molar-refractivity contribution in [2.75, 3.05) is 39.3 Å². The van der Waals surface area contributed by atoms with Gasteiger partial charge in [0.15, 0.2) is 5.96 Å². The standard InChI is InChI=1S/C20H40N4O/c1-5-21-19(22-12-13-23-20(2,3)4)24-14-10-18(11-15-24)25-16-17-8-6-7-9-17/h17-18,23H,5-16H2,1-4H3,(H,21,22). The van der Waals surface area contributed by atoms with E-state index in [0.717, 1.165) is 64.0 Å². The van der Waals surface area contributed by atoms with Crippen molar-refractivity contribution in [2.24, 2.45) is 10.9 Å². The number of rotatable bonds is 7. The molecular formula is C20H40N4O. The largest absolute Gasteiger partial charge is 0.378 e. The Morgan fingerprint density at radius 2 is 1.80 bits per heavy atom. The van der Waals surface area contributed by atoms with E-state index in [2.05, 4.69) is 43.2 Å². The third kappa shape index (κ3) is 7.95. The van der Waals surface area contributed by atoms with Crippen LogP contribution in [0.15, 0.2) is 4.99 Å². The normalized spacial score (nSPS) is 21.1. The minimum atomic E-state index is 0.156. The van der Waals surface area contributed by atoms with Crippen molar-refractivity contribution in [3.05, 3.63) is 0 Å². The molecule has 0 radical (unpaired) electrons. The van der Waals surface area contributed by atoms with Gasteiger partial charge in [0.05, 0.1) is 12.6 Å². The molecule has 5 nitrogen and oxygen atoms in total. The molecule has 0 aromatic carbocycles. The smallest absolute Gasteiger partial charge is 0.193 e. The summed E-state index contributed by atoms with van der Waals surface area (Å²) in [4.78, 5) is 7.20. The second kappa shape index (κ2) is 10.4. The van der Waals surface area contributed by atoms with E-state index in [4.69, 9.17) is 9.73 Å². The van der Waals surface area contributed by atoms with Crippen LogP contribution in [0.3, 0.4) is 0 Å². The van der Waals surface area contributed by atoms with E-state index in [9.17, 15) is 0 Å². The summed E-state index contributed by atoms with van der Waals surface area (Å²) in [5.41, 5.74) is 0.156. The average Bonchev–Trinajstić information content (AvgIpc) is 3.09. The van der Waals surface area contributed by atoms with Crippen LogP contribution in [0, 0.1) is 5.92 Å². The monoisotopic (exact) mass is 352 g/mol. The van der Waals surface area contributed by atoms with Gasteiger partial charge in [0.2, 0.25) is 0 Å². The summed E-state index contributed by atoms with van der Waals surface area (Å²) in [5.74, 6) is 1.89. The van der Waals surface area contributed by atoms with Crippen LogP contribution in [-0.2, 0) is 4.74 Å². The fourth-order valence-electron chi connectivity index (χ4n) is 3.70.